The largest absolute Gasteiger partial charge is 0.480 e. The minimum Gasteiger partial charge on any atom is -0.480 e. The van der Waals surface area contributed by atoms with E-state index in [1.54, 1.807) is 0 Å². The number of hydrogen-bond donors (Lipinski definition) is 1. The Bertz CT molecular complexity index is 245. The summed E-state index contributed by atoms with van der Waals surface area (Å²) in [6, 6.07) is 0. The van der Waals surface area contributed by atoms with E-state index in [0.717, 1.165) is 12.8 Å². The molecule has 13 heavy (non-hydrogen) atoms. The summed E-state index contributed by atoms with van der Waals surface area (Å²) in [7, 11) is 0. The first-order valence-electron chi connectivity index (χ1n) is 4.51. The van der Waals surface area contributed by atoms with E-state index in [0.29, 0.717) is 12.8 Å². The molecule has 0 bridgehead atoms. The summed E-state index contributed by atoms with van der Waals surface area (Å²) in [6.07, 6.45) is 4.31. The maximum atomic E-state index is 11.5. The monoisotopic (exact) mass is 182 g/mol. The lowest BCUT2D eigenvalue weighted by Crippen LogP contribution is -2.41. The molecule has 1 N–H and O–H groups in total. The third kappa shape index (κ3) is 1.64. The molecular formula is C10H14O3. The highest BCUT2D eigenvalue weighted by molar-refractivity contribution is 6.03. The Morgan fingerprint density at radius 1 is 1.62 bits per heavy atom. The Balaban J connectivity index is 2.92. The molecule has 1 aliphatic carbocycles. The fourth-order valence-corrected chi connectivity index (χ4v) is 1.87. The number of carboxylic acids is 1. The predicted octanol–water partition coefficient (Wildman–Crippen LogP) is 1.78. The minimum absolute atomic E-state index is 0.133. The van der Waals surface area contributed by atoms with Crippen LogP contribution in [0.4, 0.5) is 0 Å². The van der Waals surface area contributed by atoms with Crippen molar-refractivity contribution < 1.29 is 14.7 Å². The number of rotatable bonds is 3. The fourth-order valence-electron chi connectivity index (χ4n) is 1.87. The SMILES string of the molecule is C=CCC1(C(=O)O)CCCCC1=O. The first-order valence-corrected chi connectivity index (χ1v) is 4.51. The van der Waals surface area contributed by atoms with E-state index in [-0.39, 0.29) is 12.2 Å². The Morgan fingerprint density at radius 2 is 2.31 bits per heavy atom. The van der Waals surface area contributed by atoms with Crippen LogP contribution in [0.3, 0.4) is 0 Å². The highest BCUT2D eigenvalue weighted by Gasteiger charge is 2.45. The third-order valence-electron chi connectivity index (χ3n) is 2.69. The minimum atomic E-state index is -1.15. The Hall–Kier alpha value is -1.12. The first kappa shape index (κ1) is 9.96. The van der Waals surface area contributed by atoms with Crippen LogP contribution in [-0.4, -0.2) is 16.9 Å². The van der Waals surface area contributed by atoms with Gasteiger partial charge in [0.1, 0.15) is 11.2 Å². The van der Waals surface area contributed by atoms with E-state index in [9.17, 15) is 9.59 Å². The predicted molar refractivity (Wildman–Crippen MR) is 48.4 cm³/mol. The summed E-state index contributed by atoms with van der Waals surface area (Å²) in [5, 5.41) is 9.02. The molecule has 0 aromatic rings. The molecule has 1 atom stereocenters. The standard InChI is InChI=1S/C10H14O3/c1-2-6-10(9(12)13)7-4-3-5-8(10)11/h2H,1,3-7H2,(H,12,13). The lowest BCUT2D eigenvalue weighted by molar-refractivity contribution is -0.156. The van der Waals surface area contributed by atoms with Crippen molar-refractivity contribution in [3.05, 3.63) is 12.7 Å². The highest BCUT2D eigenvalue weighted by Crippen LogP contribution is 2.36. The third-order valence-corrected chi connectivity index (χ3v) is 2.69. The number of Topliss-reactive ketones (excluding diaryl/α,β-unsaturated/α-hetero) is 1. The molecule has 3 heteroatoms. The summed E-state index contributed by atoms with van der Waals surface area (Å²) >= 11 is 0. The van der Waals surface area contributed by atoms with Crippen LogP contribution < -0.4 is 0 Å². The molecule has 0 spiro atoms. The zero-order chi connectivity index (χ0) is 9.90. The zero-order valence-corrected chi connectivity index (χ0v) is 7.58. The molecule has 1 unspecified atom stereocenters. The molecule has 1 rings (SSSR count). The van der Waals surface area contributed by atoms with Crippen LogP contribution in [0.15, 0.2) is 12.7 Å². The number of carboxylic acid groups (broad SMARTS) is 1. The van der Waals surface area contributed by atoms with Crippen molar-refractivity contribution in [3.8, 4) is 0 Å². The van der Waals surface area contributed by atoms with Crippen LogP contribution in [0.5, 0.6) is 0 Å². The van der Waals surface area contributed by atoms with Gasteiger partial charge in [0.25, 0.3) is 0 Å². The van der Waals surface area contributed by atoms with Crippen molar-refractivity contribution >= 4 is 11.8 Å². The average molecular weight is 182 g/mol. The highest BCUT2D eigenvalue weighted by atomic mass is 16.4. The summed E-state index contributed by atoms with van der Waals surface area (Å²) in [5.74, 6) is -1.12. The second kappa shape index (κ2) is 3.73. The summed E-state index contributed by atoms with van der Waals surface area (Å²) in [5.41, 5.74) is -1.15. The van der Waals surface area contributed by atoms with Crippen molar-refractivity contribution in [2.45, 2.75) is 32.1 Å². The lowest BCUT2D eigenvalue weighted by atomic mass is 9.71. The van der Waals surface area contributed by atoms with E-state index in [4.69, 9.17) is 5.11 Å². The molecular weight excluding hydrogens is 168 g/mol. The van der Waals surface area contributed by atoms with Gasteiger partial charge in [0.05, 0.1) is 0 Å². The van der Waals surface area contributed by atoms with Gasteiger partial charge in [-0.2, -0.15) is 0 Å². The Morgan fingerprint density at radius 3 is 2.77 bits per heavy atom. The number of ketones is 1. The van der Waals surface area contributed by atoms with Gasteiger partial charge in [0, 0.05) is 6.42 Å². The normalized spacial score (nSPS) is 28.5. The molecule has 1 fully saturated rings. The van der Waals surface area contributed by atoms with Crippen LogP contribution in [0.1, 0.15) is 32.1 Å². The van der Waals surface area contributed by atoms with Gasteiger partial charge in [-0.25, -0.2) is 0 Å². The van der Waals surface area contributed by atoms with Gasteiger partial charge in [-0.1, -0.05) is 12.5 Å². The molecule has 0 saturated heterocycles. The quantitative estimate of drug-likeness (QED) is 0.534. The number of aliphatic carboxylic acids is 1. The van der Waals surface area contributed by atoms with Gasteiger partial charge >= 0.3 is 5.97 Å². The molecule has 0 aliphatic heterocycles. The summed E-state index contributed by atoms with van der Waals surface area (Å²) in [4.78, 5) is 22.5. The molecule has 0 aromatic heterocycles. The van der Waals surface area contributed by atoms with Crippen LogP contribution in [0.2, 0.25) is 0 Å². The summed E-state index contributed by atoms with van der Waals surface area (Å²) < 4.78 is 0. The van der Waals surface area contributed by atoms with Crippen molar-refractivity contribution in [2.24, 2.45) is 5.41 Å². The average Bonchev–Trinajstić information content (AvgIpc) is 2.09. The van der Waals surface area contributed by atoms with Gasteiger partial charge in [-0.05, 0) is 19.3 Å². The van der Waals surface area contributed by atoms with Gasteiger partial charge < -0.3 is 5.11 Å². The topological polar surface area (TPSA) is 54.4 Å². The van der Waals surface area contributed by atoms with E-state index < -0.39 is 11.4 Å². The fraction of sp³-hybridized carbons (Fsp3) is 0.600. The van der Waals surface area contributed by atoms with Crippen molar-refractivity contribution in [2.75, 3.05) is 0 Å². The lowest BCUT2D eigenvalue weighted by Gasteiger charge is -2.30. The van der Waals surface area contributed by atoms with Gasteiger partial charge in [-0.15, -0.1) is 6.58 Å². The maximum absolute atomic E-state index is 11.5. The number of carbonyl (C=O) groups excluding carboxylic acids is 1. The molecule has 0 radical (unpaired) electrons. The van der Waals surface area contributed by atoms with Crippen LogP contribution in [-0.2, 0) is 9.59 Å². The molecule has 3 nitrogen and oxygen atoms in total. The summed E-state index contributed by atoms with van der Waals surface area (Å²) in [6.45, 7) is 3.50. The van der Waals surface area contributed by atoms with E-state index in [1.807, 2.05) is 0 Å². The van der Waals surface area contributed by atoms with Crippen molar-refractivity contribution in [1.29, 1.82) is 0 Å². The molecule has 1 saturated carbocycles. The molecule has 0 amide bonds. The van der Waals surface area contributed by atoms with Crippen LogP contribution in [0.25, 0.3) is 0 Å². The molecule has 1 aliphatic rings. The smallest absolute Gasteiger partial charge is 0.317 e. The molecule has 72 valence electrons. The van der Waals surface area contributed by atoms with Gasteiger partial charge in [-0.3, -0.25) is 9.59 Å². The molecule has 0 aromatic carbocycles. The van der Waals surface area contributed by atoms with E-state index in [1.165, 1.54) is 6.08 Å². The van der Waals surface area contributed by atoms with Crippen LogP contribution in [0, 0.1) is 5.41 Å². The second-order valence-electron chi connectivity index (χ2n) is 3.51. The Labute approximate surface area is 77.4 Å². The number of allylic oxidation sites excluding steroid dienone is 1. The van der Waals surface area contributed by atoms with E-state index in [2.05, 4.69) is 6.58 Å². The van der Waals surface area contributed by atoms with Crippen molar-refractivity contribution in [3.63, 3.8) is 0 Å². The second-order valence-corrected chi connectivity index (χ2v) is 3.51. The van der Waals surface area contributed by atoms with Crippen LogP contribution >= 0.6 is 0 Å². The van der Waals surface area contributed by atoms with E-state index >= 15 is 0 Å². The Kier molecular flexibility index (Phi) is 2.86. The number of hydrogen-bond acceptors (Lipinski definition) is 2. The first-order chi connectivity index (χ1) is 6.13. The van der Waals surface area contributed by atoms with Crippen molar-refractivity contribution in [1.82, 2.24) is 0 Å². The van der Waals surface area contributed by atoms with Gasteiger partial charge in [0.2, 0.25) is 0 Å². The maximum Gasteiger partial charge on any atom is 0.317 e. The molecule has 0 heterocycles. The number of carbonyl (C=O) groups is 2. The zero-order valence-electron chi connectivity index (χ0n) is 7.58. The van der Waals surface area contributed by atoms with Gasteiger partial charge in [0.15, 0.2) is 0 Å².